The van der Waals surface area contributed by atoms with Crippen LogP contribution < -0.4 is 10.6 Å². The number of nitrogens with one attached hydrogen (secondary N) is 2. The minimum atomic E-state index is -0.568. The summed E-state index contributed by atoms with van der Waals surface area (Å²) in [6.07, 6.45) is 0. The van der Waals surface area contributed by atoms with Gasteiger partial charge in [0.15, 0.2) is 0 Å². The topological polar surface area (TPSA) is 83.1 Å². The molecule has 2 heterocycles. The van der Waals surface area contributed by atoms with Crippen LogP contribution in [0.2, 0.25) is 0 Å². The van der Waals surface area contributed by atoms with Gasteiger partial charge in [-0.2, -0.15) is 0 Å². The van der Waals surface area contributed by atoms with Crippen LogP contribution in [-0.2, 0) is 32.2 Å². The van der Waals surface area contributed by atoms with Crippen molar-refractivity contribution >= 4 is 11.8 Å². The number of carbonyl (C=O) groups excluding carboxylic acids is 2. The molecule has 8 nitrogen and oxygen atoms in total. The number of hydrogen-bond acceptors (Lipinski definition) is 6. The minimum absolute atomic E-state index is 0.0149. The third kappa shape index (κ3) is 6.07. The zero-order valence-electron chi connectivity index (χ0n) is 19.9. The molecule has 178 valence electrons. The van der Waals surface area contributed by atoms with Gasteiger partial charge in [0.05, 0.1) is 37.5 Å². The third-order valence-electron chi connectivity index (χ3n) is 6.64. The molecule has 0 aliphatic carbocycles. The van der Waals surface area contributed by atoms with Gasteiger partial charge in [0.1, 0.15) is 0 Å². The van der Waals surface area contributed by atoms with Crippen molar-refractivity contribution in [2.45, 2.75) is 51.9 Å². The number of hydrogen-bond donors (Lipinski definition) is 2. The normalized spacial score (nSPS) is 18.9. The first kappa shape index (κ1) is 24.6. The van der Waals surface area contributed by atoms with E-state index in [1.807, 2.05) is 52.0 Å². The lowest BCUT2D eigenvalue weighted by atomic mass is 10.0. The molecule has 2 saturated heterocycles. The van der Waals surface area contributed by atoms with Crippen LogP contribution in [0.1, 0.15) is 38.8 Å². The van der Waals surface area contributed by atoms with Gasteiger partial charge in [-0.1, -0.05) is 24.3 Å². The van der Waals surface area contributed by atoms with Crippen molar-refractivity contribution in [1.29, 1.82) is 0 Å². The molecular formula is C24H38N4O4. The van der Waals surface area contributed by atoms with Crippen molar-refractivity contribution in [2.24, 2.45) is 0 Å². The molecule has 2 aliphatic heterocycles. The van der Waals surface area contributed by atoms with E-state index in [9.17, 15) is 9.59 Å². The smallest absolute Gasteiger partial charge is 0.240 e. The van der Waals surface area contributed by atoms with Gasteiger partial charge in [-0.25, -0.2) is 0 Å². The van der Waals surface area contributed by atoms with Gasteiger partial charge in [-0.15, -0.1) is 0 Å². The number of carbonyl (C=O) groups is 2. The SMILES string of the molecule is CC(C)(C(=O)NCc1ccc(CNC(=O)C(C)(C)N2CCOCC2)cc1)N1CCOCC1. The second kappa shape index (κ2) is 10.7. The molecule has 0 saturated carbocycles. The lowest BCUT2D eigenvalue weighted by Gasteiger charge is -2.39. The van der Waals surface area contributed by atoms with E-state index >= 15 is 0 Å². The van der Waals surface area contributed by atoms with E-state index in [0.29, 0.717) is 39.5 Å². The minimum Gasteiger partial charge on any atom is -0.379 e. The monoisotopic (exact) mass is 446 g/mol. The maximum atomic E-state index is 12.8. The number of benzene rings is 1. The van der Waals surface area contributed by atoms with Crippen LogP contribution in [0.4, 0.5) is 0 Å². The zero-order chi connectivity index (χ0) is 23.2. The van der Waals surface area contributed by atoms with Crippen molar-refractivity contribution < 1.29 is 19.1 Å². The number of ether oxygens (including phenoxy) is 2. The summed E-state index contributed by atoms with van der Waals surface area (Å²) < 4.78 is 10.8. The summed E-state index contributed by atoms with van der Waals surface area (Å²) >= 11 is 0. The molecule has 0 spiro atoms. The largest absolute Gasteiger partial charge is 0.379 e. The molecule has 0 atom stereocenters. The van der Waals surface area contributed by atoms with Crippen LogP contribution in [-0.4, -0.2) is 85.3 Å². The summed E-state index contributed by atoms with van der Waals surface area (Å²) in [5, 5.41) is 6.11. The van der Waals surface area contributed by atoms with Crippen LogP contribution in [0.3, 0.4) is 0 Å². The van der Waals surface area contributed by atoms with Gasteiger partial charge in [-0.05, 0) is 38.8 Å². The van der Waals surface area contributed by atoms with Crippen molar-refractivity contribution in [3.8, 4) is 0 Å². The molecule has 0 unspecified atom stereocenters. The Kier molecular flexibility index (Phi) is 8.27. The lowest BCUT2D eigenvalue weighted by molar-refractivity contribution is -0.135. The fourth-order valence-corrected chi connectivity index (χ4v) is 4.10. The molecule has 0 aromatic heterocycles. The second-order valence-electron chi connectivity index (χ2n) is 9.50. The summed E-state index contributed by atoms with van der Waals surface area (Å²) in [6.45, 7) is 14.5. The fourth-order valence-electron chi connectivity index (χ4n) is 4.10. The van der Waals surface area contributed by atoms with Crippen molar-refractivity contribution in [3.05, 3.63) is 35.4 Å². The standard InChI is InChI=1S/C24H38N4O4/c1-23(2,27-9-13-31-14-10-27)21(29)25-17-19-5-7-20(8-6-19)18-26-22(30)24(3,4)28-11-15-32-16-12-28/h5-8H,9-18H2,1-4H3,(H,25,29)(H,26,30). The van der Waals surface area contributed by atoms with Gasteiger partial charge in [-0.3, -0.25) is 19.4 Å². The molecule has 1 aromatic carbocycles. The molecule has 3 rings (SSSR count). The van der Waals surface area contributed by atoms with Gasteiger partial charge < -0.3 is 20.1 Å². The first-order valence-corrected chi connectivity index (χ1v) is 11.5. The van der Waals surface area contributed by atoms with Crippen LogP contribution in [0, 0.1) is 0 Å². The Morgan fingerprint density at radius 1 is 0.719 bits per heavy atom. The van der Waals surface area contributed by atoms with Crippen LogP contribution >= 0.6 is 0 Å². The molecule has 0 radical (unpaired) electrons. The maximum Gasteiger partial charge on any atom is 0.240 e. The van der Waals surface area contributed by atoms with E-state index in [-0.39, 0.29) is 11.8 Å². The highest BCUT2D eigenvalue weighted by atomic mass is 16.5. The van der Waals surface area contributed by atoms with Crippen molar-refractivity contribution in [3.63, 3.8) is 0 Å². The number of morpholine rings is 2. The van der Waals surface area contributed by atoms with Gasteiger partial charge >= 0.3 is 0 Å². The average molecular weight is 447 g/mol. The summed E-state index contributed by atoms with van der Waals surface area (Å²) in [5.74, 6) is 0.0298. The molecule has 2 aliphatic rings. The Labute approximate surface area is 191 Å². The summed E-state index contributed by atoms with van der Waals surface area (Å²) in [5.41, 5.74) is 0.919. The van der Waals surface area contributed by atoms with Crippen molar-refractivity contribution in [1.82, 2.24) is 20.4 Å². The molecule has 2 N–H and O–H groups in total. The predicted octanol–water partition coefficient (Wildman–Crippen LogP) is 1.14. The van der Waals surface area contributed by atoms with E-state index in [4.69, 9.17) is 9.47 Å². The van der Waals surface area contributed by atoms with E-state index in [2.05, 4.69) is 20.4 Å². The van der Waals surface area contributed by atoms with E-state index in [1.165, 1.54) is 0 Å². The number of amides is 2. The Hall–Kier alpha value is -2.00. The molecule has 1 aromatic rings. The van der Waals surface area contributed by atoms with Crippen LogP contribution in [0.5, 0.6) is 0 Å². The highest BCUT2D eigenvalue weighted by Crippen LogP contribution is 2.18. The number of nitrogens with zero attached hydrogens (tertiary/aromatic N) is 2. The molecule has 32 heavy (non-hydrogen) atoms. The highest BCUT2D eigenvalue weighted by Gasteiger charge is 2.36. The summed E-state index contributed by atoms with van der Waals surface area (Å²) in [4.78, 5) is 29.8. The first-order valence-electron chi connectivity index (χ1n) is 11.5. The molecule has 0 bridgehead atoms. The molecule has 2 fully saturated rings. The Balaban J connectivity index is 1.46. The van der Waals surface area contributed by atoms with Crippen LogP contribution in [0.25, 0.3) is 0 Å². The first-order chi connectivity index (χ1) is 15.2. The van der Waals surface area contributed by atoms with E-state index in [1.54, 1.807) is 0 Å². The third-order valence-corrected chi connectivity index (χ3v) is 6.64. The molecule has 2 amide bonds. The summed E-state index contributed by atoms with van der Waals surface area (Å²) in [7, 11) is 0. The van der Waals surface area contributed by atoms with E-state index < -0.39 is 11.1 Å². The summed E-state index contributed by atoms with van der Waals surface area (Å²) in [6, 6.07) is 7.99. The number of rotatable bonds is 8. The van der Waals surface area contributed by atoms with Crippen molar-refractivity contribution in [2.75, 3.05) is 52.6 Å². The van der Waals surface area contributed by atoms with Gasteiger partial charge in [0, 0.05) is 39.3 Å². The average Bonchev–Trinajstić information content (AvgIpc) is 2.82. The zero-order valence-corrected chi connectivity index (χ0v) is 19.9. The van der Waals surface area contributed by atoms with Gasteiger partial charge in [0.2, 0.25) is 11.8 Å². The maximum absolute atomic E-state index is 12.8. The Morgan fingerprint density at radius 3 is 1.34 bits per heavy atom. The quantitative estimate of drug-likeness (QED) is 0.623. The fraction of sp³-hybridized carbons (Fsp3) is 0.667. The lowest BCUT2D eigenvalue weighted by Crippen LogP contribution is -2.58. The Morgan fingerprint density at radius 2 is 1.03 bits per heavy atom. The Bertz CT molecular complexity index is 702. The van der Waals surface area contributed by atoms with Crippen LogP contribution in [0.15, 0.2) is 24.3 Å². The molecule has 8 heteroatoms. The second-order valence-corrected chi connectivity index (χ2v) is 9.50. The van der Waals surface area contributed by atoms with E-state index in [0.717, 1.165) is 37.3 Å². The highest BCUT2D eigenvalue weighted by molar-refractivity contribution is 5.85. The predicted molar refractivity (Wildman–Crippen MR) is 123 cm³/mol. The molecular weight excluding hydrogens is 408 g/mol. The van der Waals surface area contributed by atoms with Gasteiger partial charge in [0.25, 0.3) is 0 Å².